The van der Waals surface area contributed by atoms with Gasteiger partial charge in [0.1, 0.15) is 0 Å². The molecule has 0 atom stereocenters. The van der Waals surface area contributed by atoms with Crippen LogP contribution in [0.5, 0.6) is 0 Å². The van der Waals surface area contributed by atoms with Crippen LogP contribution in [0, 0.1) is 6.92 Å². The number of rotatable bonds is 7. The molecule has 11 heteroatoms. The van der Waals surface area contributed by atoms with Crippen molar-refractivity contribution in [3.63, 3.8) is 0 Å². The molecule has 0 saturated carbocycles. The van der Waals surface area contributed by atoms with Gasteiger partial charge in [0.15, 0.2) is 0 Å². The Morgan fingerprint density at radius 2 is 1.93 bits per heavy atom. The summed E-state index contributed by atoms with van der Waals surface area (Å²) in [5.41, 5.74) is 0.822. The van der Waals surface area contributed by atoms with Gasteiger partial charge in [-0.15, -0.1) is 5.12 Å². The van der Waals surface area contributed by atoms with Crippen LogP contribution < -0.4 is 10.4 Å². The summed E-state index contributed by atoms with van der Waals surface area (Å²) in [4.78, 5) is 17.9. The predicted molar refractivity (Wildman–Crippen MR) is 101 cm³/mol. The Hall–Kier alpha value is -1.82. The fraction of sp³-hybridized carbons (Fsp3) is 0.625. The molecule has 1 N–H and O–H groups in total. The first kappa shape index (κ1) is 21.5. The van der Waals surface area contributed by atoms with E-state index in [4.69, 9.17) is 0 Å². The number of halogens is 1. The standard InChI is InChI=1S/C16H27FN6O3S/c1-14-5-6-15(13-19-14)23(17)16(24)18-7-4-8-21-9-11-22(12-10-21)27(25,26)20(2)3/h5-6,13H,4,7-12H2,1-3H3,(H,18,24). The third-order valence-corrected chi connectivity index (χ3v) is 6.29. The number of carbonyl (C=O) groups is 1. The molecule has 0 spiro atoms. The number of hydrogen-bond donors (Lipinski definition) is 1. The average Bonchev–Trinajstić information content (AvgIpc) is 2.65. The van der Waals surface area contributed by atoms with E-state index in [1.54, 1.807) is 13.0 Å². The van der Waals surface area contributed by atoms with Crippen LogP contribution in [-0.2, 0) is 10.2 Å². The first-order valence-electron chi connectivity index (χ1n) is 8.78. The molecule has 1 aromatic rings. The first-order valence-corrected chi connectivity index (χ1v) is 10.2. The number of urea groups is 1. The molecular weight excluding hydrogens is 375 g/mol. The van der Waals surface area contributed by atoms with Crippen LogP contribution in [0.4, 0.5) is 15.0 Å². The molecule has 27 heavy (non-hydrogen) atoms. The fourth-order valence-corrected chi connectivity index (χ4v) is 3.76. The van der Waals surface area contributed by atoms with E-state index in [9.17, 15) is 17.7 Å². The van der Waals surface area contributed by atoms with Gasteiger partial charge in [0.05, 0.1) is 11.9 Å². The SMILES string of the molecule is Cc1ccc(N(F)C(=O)NCCCN2CCN(S(=O)(=O)N(C)C)CC2)cn1. The van der Waals surface area contributed by atoms with Crippen molar-refractivity contribution in [2.45, 2.75) is 13.3 Å². The number of carbonyl (C=O) groups excluding carboxylic acids is 1. The largest absolute Gasteiger partial charge is 0.350 e. The maximum Gasteiger partial charge on any atom is 0.350 e. The summed E-state index contributed by atoms with van der Waals surface area (Å²) in [5.74, 6) is 0. The zero-order valence-electron chi connectivity index (χ0n) is 15.9. The topological polar surface area (TPSA) is 89.1 Å². The molecule has 1 fully saturated rings. The number of hydrogen-bond acceptors (Lipinski definition) is 5. The third-order valence-electron chi connectivity index (χ3n) is 4.35. The highest BCUT2D eigenvalue weighted by Crippen LogP contribution is 2.13. The second-order valence-electron chi connectivity index (χ2n) is 6.55. The van der Waals surface area contributed by atoms with Crippen LogP contribution >= 0.6 is 0 Å². The summed E-state index contributed by atoms with van der Waals surface area (Å²) >= 11 is 0. The Kier molecular flexibility index (Phi) is 7.48. The fourth-order valence-electron chi connectivity index (χ4n) is 2.68. The number of pyridine rings is 1. The van der Waals surface area contributed by atoms with Crippen LogP contribution in [0.2, 0.25) is 0 Å². The molecular formula is C16H27FN6O3S. The second kappa shape index (κ2) is 9.40. The number of nitrogens with one attached hydrogen (secondary N) is 1. The number of aryl methyl sites for hydroxylation is 1. The molecule has 0 bridgehead atoms. The van der Waals surface area contributed by atoms with Gasteiger partial charge in [-0.25, -0.2) is 4.79 Å². The lowest BCUT2D eigenvalue weighted by Crippen LogP contribution is -2.51. The Labute approximate surface area is 159 Å². The molecule has 2 amide bonds. The van der Waals surface area contributed by atoms with Crippen molar-refractivity contribution >= 4 is 21.9 Å². The second-order valence-corrected chi connectivity index (χ2v) is 8.70. The maximum absolute atomic E-state index is 14.0. The summed E-state index contributed by atoms with van der Waals surface area (Å²) < 4.78 is 40.8. The Bertz CT molecular complexity index is 720. The maximum atomic E-state index is 14.0. The molecule has 0 unspecified atom stereocenters. The third kappa shape index (κ3) is 5.83. The Morgan fingerprint density at radius 1 is 1.26 bits per heavy atom. The van der Waals surface area contributed by atoms with Crippen molar-refractivity contribution in [3.05, 3.63) is 24.0 Å². The van der Waals surface area contributed by atoms with E-state index in [0.717, 1.165) is 5.69 Å². The van der Waals surface area contributed by atoms with Gasteiger partial charge in [0.2, 0.25) is 0 Å². The van der Waals surface area contributed by atoms with Crippen LogP contribution in [0.3, 0.4) is 0 Å². The molecule has 2 heterocycles. The zero-order valence-corrected chi connectivity index (χ0v) is 16.7. The zero-order chi connectivity index (χ0) is 20.0. The number of aromatic nitrogens is 1. The van der Waals surface area contributed by atoms with Crippen LogP contribution in [0.15, 0.2) is 18.3 Å². The van der Waals surface area contributed by atoms with E-state index >= 15 is 0 Å². The van der Waals surface area contributed by atoms with Crippen molar-refractivity contribution in [1.29, 1.82) is 0 Å². The highest BCUT2D eigenvalue weighted by molar-refractivity contribution is 7.86. The molecule has 0 aliphatic carbocycles. The first-order chi connectivity index (χ1) is 12.7. The van der Waals surface area contributed by atoms with E-state index in [1.165, 1.54) is 35.0 Å². The minimum absolute atomic E-state index is 0.0390. The molecule has 152 valence electrons. The number of nitrogens with zero attached hydrogens (tertiary/aromatic N) is 5. The van der Waals surface area contributed by atoms with Crippen molar-refractivity contribution < 1.29 is 17.7 Å². The lowest BCUT2D eigenvalue weighted by Gasteiger charge is -2.35. The highest BCUT2D eigenvalue weighted by Gasteiger charge is 2.28. The molecule has 2 rings (SSSR count). The molecule has 1 aliphatic heterocycles. The Balaban J connectivity index is 1.67. The highest BCUT2D eigenvalue weighted by atomic mass is 32.2. The van der Waals surface area contributed by atoms with Crippen LogP contribution in [0.1, 0.15) is 12.1 Å². The molecule has 9 nitrogen and oxygen atoms in total. The summed E-state index contributed by atoms with van der Waals surface area (Å²) in [6.45, 7) is 4.94. The van der Waals surface area contributed by atoms with Crippen molar-refractivity contribution in [2.75, 3.05) is 58.5 Å². The number of piperazine rings is 1. The van der Waals surface area contributed by atoms with Gasteiger partial charge < -0.3 is 10.2 Å². The molecule has 1 saturated heterocycles. The summed E-state index contributed by atoms with van der Waals surface area (Å²) in [6, 6.07) is 2.29. The minimum atomic E-state index is -3.37. The van der Waals surface area contributed by atoms with E-state index in [2.05, 4.69) is 15.2 Å². The molecule has 1 aromatic heterocycles. The molecule has 0 radical (unpaired) electrons. The van der Waals surface area contributed by atoms with E-state index in [1.807, 2.05) is 0 Å². The number of amides is 2. The number of anilines is 1. The van der Waals surface area contributed by atoms with Gasteiger partial charge in [0.25, 0.3) is 10.2 Å². The van der Waals surface area contributed by atoms with Gasteiger partial charge in [-0.1, -0.05) is 4.48 Å². The average molecular weight is 402 g/mol. The summed E-state index contributed by atoms with van der Waals surface area (Å²) in [6.07, 6.45) is 1.95. The normalized spacial score (nSPS) is 16.5. The lowest BCUT2D eigenvalue weighted by atomic mass is 10.3. The smallest absolute Gasteiger partial charge is 0.336 e. The van der Waals surface area contributed by atoms with Gasteiger partial charge in [0, 0.05) is 52.5 Å². The minimum Gasteiger partial charge on any atom is -0.336 e. The molecule has 0 aromatic carbocycles. The van der Waals surface area contributed by atoms with Crippen LogP contribution in [-0.4, -0.2) is 86.3 Å². The van der Waals surface area contributed by atoms with Gasteiger partial charge in [-0.3, -0.25) is 4.98 Å². The van der Waals surface area contributed by atoms with Crippen molar-refractivity contribution in [1.82, 2.24) is 23.8 Å². The Morgan fingerprint density at radius 3 is 2.48 bits per heavy atom. The summed E-state index contributed by atoms with van der Waals surface area (Å²) in [5, 5.41) is 2.57. The predicted octanol–water partition coefficient (Wildman–Crippen LogP) is 0.605. The van der Waals surface area contributed by atoms with E-state index < -0.39 is 16.2 Å². The van der Waals surface area contributed by atoms with Crippen molar-refractivity contribution in [3.8, 4) is 0 Å². The van der Waals surface area contributed by atoms with Gasteiger partial charge in [-0.2, -0.15) is 17.0 Å². The summed E-state index contributed by atoms with van der Waals surface area (Å²) in [7, 11) is -0.330. The van der Waals surface area contributed by atoms with Gasteiger partial charge >= 0.3 is 6.03 Å². The lowest BCUT2D eigenvalue weighted by molar-refractivity contribution is 0.181. The van der Waals surface area contributed by atoms with Crippen molar-refractivity contribution in [2.24, 2.45) is 0 Å². The quantitative estimate of drug-likeness (QED) is 0.533. The molecule has 1 aliphatic rings. The van der Waals surface area contributed by atoms with Crippen LogP contribution in [0.25, 0.3) is 0 Å². The van der Waals surface area contributed by atoms with E-state index in [-0.39, 0.29) is 10.8 Å². The monoisotopic (exact) mass is 402 g/mol. The van der Waals surface area contributed by atoms with E-state index in [0.29, 0.717) is 45.7 Å². The van der Waals surface area contributed by atoms with Gasteiger partial charge in [-0.05, 0) is 32.0 Å².